The Morgan fingerprint density at radius 1 is 1.03 bits per heavy atom. The predicted octanol–water partition coefficient (Wildman–Crippen LogP) is 6.43. The summed E-state index contributed by atoms with van der Waals surface area (Å²) in [5.74, 6) is -0.319. The fourth-order valence-electron chi connectivity index (χ4n) is 4.84. The molecule has 1 atom stereocenters. The third kappa shape index (κ3) is 5.34. The molecule has 8 heteroatoms. The van der Waals surface area contributed by atoms with Gasteiger partial charge in [0.15, 0.2) is 0 Å². The van der Waals surface area contributed by atoms with Crippen molar-refractivity contribution in [2.24, 2.45) is 0 Å². The number of para-hydroxylation sites is 2. The van der Waals surface area contributed by atoms with E-state index in [1.807, 2.05) is 49.4 Å². The van der Waals surface area contributed by atoms with E-state index in [-0.39, 0.29) is 29.9 Å². The van der Waals surface area contributed by atoms with Crippen LogP contribution in [0.3, 0.4) is 0 Å². The Kier molecular flexibility index (Phi) is 7.32. The maximum absolute atomic E-state index is 15.3. The van der Waals surface area contributed by atoms with Crippen LogP contribution in [-0.4, -0.2) is 33.9 Å². The van der Waals surface area contributed by atoms with Gasteiger partial charge in [0.1, 0.15) is 18.2 Å². The number of hydrogen-bond acceptors (Lipinski definition) is 4. The van der Waals surface area contributed by atoms with Gasteiger partial charge in [0, 0.05) is 22.2 Å². The number of fused-ring (bicyclic) bond motifs is 1. The second-order valence-electron chi connectivity index (χ2n) is 10.6. The van der Waals surface area contributed by atoms with Crippen LogP contribution in [0.4, 0.5) is 15.9 Å². The first-order valence-electron chi connectivity index (χ1n) is 12.9. The van der Waals surface area contributed by atoms with Crippen molar-refractivity contribution in [3.05, 3.63) is 107 Å². The number of thioether (sulfide) groups is 1. The highest BCUT2D eigenvalue weighted by Gasteiger charge is 2.40. The topological polar surface area (TPSA) is 67.2 Å². The maximum Gasteiger partial charge on any atom is 0.244 e. The number of amides is 2. The van der Waals surface area contributed by atoms with Crippen molar-refractivity contribution < 1.29 is 14.0 Å². The standard InChI is InChI=1S/C31H31FN4O2S/c1-20-12-8-11-17-24(20)36-30-27(29(34-36)31(2,3)4)28(22-15-9-10-16-23(22)32)39-19-26(38)35(30)18-25(37)33-21-13-6-5-7-14-21/h5-17,28H,18-19H2,1-4H3,(H,33,37). The predicted molar refractivity (Wildman–Crippen MR) is 155 cm³/mol. The lowest BCUT2D eigenvalue weighted by Crippen LogP contribution is -2.40. The zero-order valence-corrected chi connectivity index (χ0v) is 23.3. The van der Waals surface area contributed by atoms with E-state index in [0.29, 0.717) is 17.1 Å². The summed E-state index contributed by atoms with van der Waals surface area (Å²) in [5, 5.41) is 7.48. The number of carbonyl (C=O) groups excluding carboxylic acids is 2. The third-order valence-electron chi connectivity index (χ3n) is 6.69. The zero-order chi connectivity index (χ0) is 27.7. The van der Waals surface area contributed by atoms with Crippen LogP contribution in [-0.2, 0) is 15.0 Å². The van der Waals surface area contributed by atoms with Crippen molar-refractivity contribution in [1.29, 1.82) is 0 Å². The molecular formula is C31H31FN4O2S. The average molecular weight is 543 g/mol. The Morgan fingerprint density at radius 2 is 1.69 bits per heavy atom. The van der Waals surface area contributed by atoms with Crippen LogP contribution in [0.2, 0.25) is 0 Å². The second kappa shape index (κ2) is 10.7. The molecule has 1 aliphatic rings. The Balaban J connectivity index is 1.74. The van der Waals surface area contributed by atoms with Crippen LogP contribution >= 0.6 is 11.8 Å². The first-order chi connectivity index (χ1) is 18.6. The van der Waals surface area contributed by atoms with E-state index in [1.165, 1.54) is 22.7 Å². The largest absolute Gasteiger partial charge is 0.325 e. The number of aromatic nitrogens is 2. The van der Waals surface area contributed by atoms with Gasteiger partial charge in [0.2, 0.25) is 11.8 Å². The number of hydrogen-bond donors (Lipinski definition) is 1. The Morgan fingerprint density at radius 3 is 2.38 bits per heavy atom. The first-order valence-corrected chi connectivity index (χ1v) is 13.9. The normalized spacial score (nSPS) is 15.6. The molecule has 2 amide bonds. The lowest BCUT2D eigenvalue weighted by molar-refractivity contribution is -0.120. The fourth-order valence-corrected chi connectivity index (χ4v) is 6.06. The number of nitrogens with one attached hydrogen (secondary N) is 1. The van der Waals surface area contributed by atoms with E-state index >= 15 is 4.39 Å². The van der Waals surface area contributed by atoms with Crippen molar-refractivity contribution in [2.45, 2.75) is 38.4 Å². The van der Waals surface area contributed by atoms with Gasteiger partial charge in [-0.25, -0.2) is 9.07 Å². The molecule has 0 aliphatic carbocycles. The van der Waals surface area contributed by atoms with E-state index in [4.69, 9.17) is 5.10 Å². The third-order valence-corrected chi connectivity index (χ3v) is 7.93. The highest BCUT2D eigenvalue weighted by molar-refractivity contribution is 8.00. The van der Waals surface area contributed by atoms with Crippen LogP contribution in [0.5, 0.6) is 0 Å². The molecule has 0 saturated heterocycles. The molecule has 4 aromatic rings. The molecule has 0 saturated carbocycles. The van der Waals surface area contributed by atoms with Gasteiger partial charge in [0.05, 0.1) is 22.4 Å². The first kappa shape index (κ1) is 26.7. The average Bonchev–Trinajstić information content (AvgIpc) is 3.23. The number of anilines is 2. The van der Waals surface area contributed by atoms with Crippen LogP contribution in [0.15, 0.2) is 78.9 Å². The minimum atomic E-state index is -0.487. The Labute approximate surface area is 232 Å². The van der Waals surface area contributed by atoms with Gasteiger partial charge < -0.3 is 5.32 Å². The number of aryl methyl sites for hydroxylation is 1. The van der Waals surface area contributed by atoms with Crippen molar-refractivity contribution in [3.63, 3.8) is 0 Å². The molecule has 1 N–H and O–H groups in total. The maximum atomic E-state index is 15.3. The van der Waals surface area contributed by atoms with E-state index in [0.717, 1.165) is 22.5 Å². The van der Waals surface area contributed by atoms with Crippen molar-refractivity contribution in [2.75, 3.05) is 22.5 Å². The molecule has 0 bridgehead atoms. The second-order valence-corrected chi connectivity index (χ2v) is 11.7. The molecular weight excluding hydrogens is 511 g/mol. The number of halogens is 1. The van der Waals surface area contributed by atoms with Crippen LogP contribution in [0.25, 0.3) is 5.69 Å². The molecule has 5 rings (SSSR count). The molecule has 1 unspecified atom stereocenters. The van der Waals surface area contributed by atoms with Gasteiger partial charge in [-0.15, -0.1) is 11.8 Å². The summed E-state index contributed by atoms with van der Waals surface area (Å²) >= 11 is 1.36. The van der Waals surface area contributed by atoms with E-state index in [2.05, 4.69) is 26.1 Å². The van der Waals surface area contributed by atoms with E-state index < -0.39 is 10.7 Å². The molecule has 6 nitrogen and oxygen atoms in total. The SMILES string of the molecule is Cc1ccccc1-n1nc(C(C)(C)C)c2c1N(CC(=O)Nc1ccccc1)C(=O)CSC2c1ccccc1F. The summed E-state index contributed by atoms with van der Waals surface area (Å²) in [4.78, 5) is 28.5. The quantitative estimate of drug-likeness (QED) is 0.316. The number of nitrogens with zero attached hydrogens (tertiary/aromatic N) is 3. The van der Waals surface area contributed by atoms with Gasteiger partial charge in [-0.2, -0.15) is 5.10 Å². The summed E-state index contributed by atoms with van der Waals surface area (Å²) in [6, 6.07) is 23.6. The fraction of sp³-hybridized carbons (Fsp3) is 0.258. The van der Waals surface area contributed by atoms with Crippen molar-refractivity contribution >= 4 is 35.1 Å². The van der Waals surface area contributed by atoms with Crippen LogP contribution in [0, 0.1) is 12.7 Å². The monoisotopic (exact) mass is 542 g/mol. The van der Waals surface area contributed by atoms with Crippen molar-refractivity contribution in [1.82, 2.24) is 9.78 Å². The summed E-state index contributed by atoms with van der Waals surface area (Å²) in [6.45, 7) is 7.95. The van der Waals surface area contributed by atoms with E-state index in [9.17, 15) is 9.59 Å². The minimum Gasteiger partial charge on any atom is -0.325 e. The highest BCUT2D eigenvalue weighted by Crippen LogP contribution is 2.49. The summed E-state index contributed by atoms with van der Waals surface area (Å²) in [5.41, 5.74) is 3.97. The van der Waals surface area contributed by atoms with Gasteiger partial charge >= 0.3 is 0 Å². The minimum absolute atomic E-state index is 0.0870. The molecule has 2 heterocycles. The number of benzene rings is 3. The van der Waals surface area contributed by atoms with Gasteiger partial charge in [-0.1, -0.05) is 75.4 Å². The lowest BCUT2D eigenvalue weighted by Gasteiger charge is -2.25. The van der Waals surface area contributed by atoms with Gasteiger partial charge in [0.25, 0.3) is 0 Å². The molecule has 200 valence electrons. The number of carbonyl (C=O) groups is 2. The Bertz CT molecular complexity index is 1530. The number of rotatable bonds is 5. The lowest BCUT2D eigenvalue weighted by atomic mass is 9.87. The van der Waals surface area contributed by atoms with E-state index in [1.54, 1.807) is 35.0 Å². The highest BCUT2D eigenvalue weighted by atomic mass is 32.2. The summed E-state index contributed by atoms with van der Waals surface area (Å²) < 4.78 is 17.0. The molecule has 1 aliphatic heterocycles. The molecule has 0 radical (unpaired) electrons. The Hall–Kier alpha value is -3.91. The summed E-state index contributed by atoms with van der Waals surface area (Å²) in [6.07, 6.45) is 0. The zero-order valence-electron chi connectivity index (χ0n) is 22.4. The molecule has 39 heavy (non-hydrogen) atoms. The molecule has 1 aromatic heterocycles. The summed E-state index contributed by atoms with van der Waals surface area (Å²) in [7, 11) is 0. The van der Waals surface area contributed by atoms with Crippen LogP contribution in [0.1, 0.15) is 48.4 Å². The molecule has 3 aromatic carbocycles. The molecule has 0 fully saturated rings. The van der Waals surface area contributed by atoms with Gasteiger partial charge in [-0.3, -0.25) is 14.5 Å². The van der Waals surface area contributed by atoms with Gasteiger partial charge in [-0.05, 0) is 36.8 Å². The molecule has 0 spiro atoms. The smallest absolute Gasteiger partial charge is 0.244 e. The van der Waals surface area contributed by atoms with Crippen LogP contribution < -0.4 is 10.2 Å². The van der Waals surface area contributed by atoms with Crippen molar-refractivity contribution in [3.8, 4) is 5.69 Å².